The van der Waals surface area contributed by atoms with E-state index in [1.165, 1.54) is 25.7 Å². The summed E-state index contributed by atoms with van der Waals surface area (Å²) < 4.78 is 2.35. The van der Waals surface area contributed by atoms with Crippen LogP contribution in [0.25, 0.3) is 0 Å². The fourth-order valence-electron chi connectivity index (χ4n) is 3.19. The summed E-state index contributed by atoms with van der Waals surface area (Å²) in [4.78, 5) is 4.66. The largest absolute Gasteiger partial charge is 0.326 e. The molecule has 3 nitrogen and oxygen atoms in total. The van der Waals surface area contributed by atoms with Gasteiger partial charge in [0, 0.05) is 17.9 Å². The fraction of sp³-hybridized carbons (Fsp3) is 0.471. The topological polar surface area (TPSA) is 29.9 Å². The number of imidazole rings is 1. The second-order valence-electron chi connectivity index (χ2n) is 6.03. The van der Waals surface area contributed by atoms with Crippen molar-refractivity contribution in [2.24, 2.45) is 5.92 Å². The SMILES string of the molecule is Cc1cn(C2CCCC(C)C2)c(Nc2ccccc2)n1. The second-order valence-corrected chi connectivity index (χ2v) is 6.03. The van der Waals surface area contributed by atoms with Crippen LogP contribution in [0.1, 0.15) is 44.3 Å². The molecule has 1 aromatic carbocycles. The minimum Gasteiger partial charge on any atom is -0.326 e. The Morgan fingerprint density at radius 3 is 2.75 bits per heavy atom. The predicted molar refractivity (Wildman–Crippen MR) is 83.4 cm³/mol. The van der Waals surface area contributed by atoms with Gasteiger partial charge in [0.15, 0.2) is 0 Å². The van der Waals surface area contributed by atoms with Gasteiger partial charge in [-0.25, -0.2) is 4.98 Å². The summed E-state index contributed by atoms with van der Waals surface area (Å²) in [7, 11) is 0. The molecule has 0 saturated heterocycles. The molecule has 1 saturated carbocycles. The third-order valence-electron chi connectivity index (χ3n) is 4.18. The maximum Gasteiger partial charge on any atom is 0.207 e. The van der Waals surface area contributed by atoms with Gasteiger partial charge in [0.05, 0.1) is 5.69 Å². The zero-order chi connectivity index (χ0) is 13.9. The number of aryl methyl sites for hydroxylation is 1. The lowest BCUT2D eigenvalue weighted by molar-refractivity contribution is 0.284. The van der Waals surface area contributed by atoms with Crippen LogP contribution in [-0.4, -0.2) is 9.55 Å². The molecule has 0 radical (unpaired) electrons. The van der Waals surface area contributed by atoms with Gasteiger partial charge >= 0.3 is 0 Å². The van der Waals surface area contributed by atoms with Crippen LogP contribution in [0.2, 0.25) is 0 Å². The summed E-state index contributed by atoms with van der Waals surface area (Å²) in [6, 6.07) is 10.9. The van der Waals surface area contributed by atoms with Gasteiger partial charge in [0.1, 0.15) is 0 Å². The molecule has 0 amide bonds. The molecular formula is C17H23N3. The van der Waals surface area contributed by atoms with Crippen LogP contribution in [0.4, 0.5) is 11.6 Å². The van der Waals surface area contributed by atoms with Crippen molar-refractivity contribution < 1.29 is 0 Å². The number of nitrogens with zero attached hydrogens (tertiary/aromatic N) is 2. The average Bonchev–Trinajstić information content (AvgIpc) is 2.81. The van der Waals surface area contributed by atoms with Crippen molar-refractivity contribution in [3.8, 4) is 0 Å². The molecule has 1 heterocycles. The number of anilines is 2. The van der Waals surface area contributed by atoms with E-state index >= 15 is 0 Å². The standard InChI is InChI=1S/C17H23N3/c1-13-7-6-10-16(11-13)20-12-14(2)18-17(20)19-15-8-4-3-5-9-15/h3-5,8-9,12-13,16H,6-7,10-11H2,1-2H3,(H,18,19). The van der Waals surface area contributed by atoms with Gasteiger partial charge < -0.3 is 9.88 Å². The van der Waals surface area contributed by atoms with Gasteiger partial charge in [-0.1, -0.05) is 38.0 Å². The Balaban J connectivity index is 1.84. The Morgan fingerprint density at radius 1 is 1.20 bits per heavy atom. The van der Waals surface area contributed by atoms with Crippen molar-refractivity contribution in [3.63, 3.8) is 0 Å². The Morgan fingerprint density at radius 2 is 2.00 bits per heavy atom. The molecule has 1 N–H and O–H groups in total. The third kappa shape index (κ3) is 2.87. The monoisotopic (exact) mass is 269 g/mol. The van der Waals surface area contributed by atoms with E-state index in [1.54, 1.807) is 0 Å². The third-order valence-corrected chi connectivity index (χ3v) is 4.18. The van der Waals surface area contributed by atoms with Crippen molar-refractivity contribution in [2.75, 3.05) is 5.32 Å². The number of para-hydroxylation sites is 1. The summed E-state index contributed by atoms with van der Waals surface area (Å²) in [5, 5.41) is 3.46. The first kappa shape index (κ1) is 13.2. The van der Waals surface area contributed by atoms with E-state index in [0.717, 1.165) is 23.2 Å². The molecule has 1 aliphatic rings. The summed E-state index contributed by atoms with van der Waals surface area (Å²) in [5.41, 5.74) is 2.19. The van der Waals surface area contributed by atoms with Crippen LogP contribution < -0.4 is 5.32 Å². The first-order valence-electron chi connectivity index (χ1n) is 7.60. The van der Waals surface area contributed by atoms with Crippen LogP contribution in [0.5, 0.6) is 0 Å². The van der Waals surface area contributed by atoms with E-state index in [4.69, 9.17) is 0 Å². The Hall–Kier alpha value is -1.77. The highest BCUT2D eigenvalue weighted by atomic mass is 15.2. The lowest BCUT2D eigenvalue weighted by Gasteiger charge is -2.29. The zero-order valence-electron chi connectivity index (χ0n) is 12.3. The summed E-state index contributed by atoms with van der Waals surface area (Å²) in [5.74, 6) is 1.80. The minimum atomic E-state index is 0.589. The number of aromatic nitrogens is 2. The van der Waals surface area contributed by atoms with Crippen molar-refractivity contribution in [1.82, 2.24) is 9.55 Å². The van der Waals surface area contributed by atoms with E-state index in [9.17, 15) is 0 Å². The molecule has 1 aliphatic carbocycles. The van der Waals surface area contributed by atoms with Crippen LogP contribution >= 0.6 is 0 Å². The van der Waals surface area contributed by atoms with Crippen LogP contribution in [0.3, 0.4) is 0 Å². The molecule has 20 heavy (non-hydrogen) atoms. The van der Waals surface area contributed by atoms with Gasteiger partial charge in [-0.2, -0.15) is 0 Å². The molecule has 3 rings (SSSR count). The molecule has 3 heteroatoms. The van der Waals surface area contributed by atoms with Crippen LogP contribution in [0.15, 0.2) is 36.5 Å². The number of hydrogen-bond donors (Lipinski definition) is 1. The maximum atomic E-state index is 4.66. The molecular weight excluding hydrogens is 246 g/mol. The molecule has 0 bridgehead atoms. The van der Waals surface area contributed by atoms with Gasteiger partial charge in [0.25, 0.3) is 0 Å². The van der Waals surface area contributed by atoms with Crippen molar-refractivity contribution in [3.05, 3.63) is 42.2 Å². The molecule has 1 fully saturated rings. The smallest absolute Gasteiger partial charge is 0.207 e. The summed E-state index contributed by atoms with van der Waals surface area (Å²) in [6.45, 7) is 4.43. The van der Waals surface area contributed by atoms with E-state index in [1.807, 2.05) is 18.2 Å². The minimum absolute atomic E-state index is 0.589. The Labute approximate surface area is 121 Å². The highest BCUT2D eigenvalue weighted by molar-refractivity contribution is 5.53. The van der Waals surface area contributed by atoms with Crippen molar-refractivity contribution >= 4 is 11.6 Å². The summed E-state index contributed by atoms with van der Waals surface area (Å²) in [6.07, 6.45) is 7.41. The quantitative estimate of drug-likeness (QED) is 0.876. The number of rotatable bonds is 3. The molecule has 0 spiro atoms. The van der Waals surface area contributed by atoms with Gasteiger partial charge in [-0.15, -0.1) is 0 Å². The highest BCUT2D eigenvalue weighted by Crippen LogP contribution is 2.34. The first-order valence-corrected chi connectivity index (χ1v) is 7.60. The second kappa shape index (κ2) is 5.70. The molecule has 2 atom stereocenters. The number of benzene rings is 1. The van der Waals surface area contributed by atoms with Crippen molar-refractivity contribution in [2.45, 2.75) is 45.6 Å². The van der Waals surface area contributed by atoms with Gasteiger partial charge in [0.2, 0.25) is 5.95 Å². The molecule has 2 aromatic rings. The van der Waals surface area contributed by atoms with E-state index < -0.39 is 0 Å². The predicted octanol–water partition coefficient (Wildman–Crippen LogP) is 4.69. The van der Waals surface area contributed by atoms with E-state index in [2.05, 4.69) is 47.0 Å². The molecule has 0 aliphatic heterocycles. The zero-order valence-corrected chi connectivity index (χ0v) is 12.3. The Kier molecular flexibility index (Phi) is 3.77. The van der Waals surface area contributed by atoms with Gasteiger partial charge in [-0.05, 0) is 37.8 Å². The number of hydrogen-bond acceptors (Lipinski definition) is 2. The van der Waals surface area contributed by atoms with E-state index in [0.29, 0.717) is 6.04 Å². The number of nitrogens with one attached hydrogen (secondary N) is 1. The van der Waals surface area contributed by atoms with Crippen LogP contribution in [0, 0.1) is 12.8 Å². The van der Waals surface area contributed by atoms with Gasteiger partial charge in [-0.3, -0.25) is 0 Å². The first-order chi connectivity index (χ1) is 9.72. The van der Waals surface area contributed by atoms with Crippen molar-refractivity contribution in [1.29, 1.82) is 0 Å². The summed E-state index contributed by atoms with van der Waals surface area (Å²) >= 11 is 0. The highest BCUT2D eigenvalue weighted by Gasteiger charge is 2.22. The molecule has 1 aromatic heterocycles. The van der Waals surface area contributed by atoms with E-state index in [-0.39, 0.29) is 0 Å². The normalized spacial score (nSPS) is 22.7. The fourth-order valence-corrected chi connectivity index (χ4v) is 3.19. The maximum absolute atomic E-state index is 4.66. The van der Waals surface area contributed by atoms with Crippen LogP contribution in [-0.2, 0) is 0 Å². The lowest BCUT2D eigenvalue weighted by Crippen LogP contribution is -2.18. The molecule has 106 valence electrons. The average molecular weight is 269 g/mol. The lowest BCUT2D eigenvalue weighted by atomic mass is 9.87. The Bertz CT molecular complexity index is 559. The molecule has 2 unspecified atom stereocenters.